The number of pyridine rings is 1. The van der Waals surface area contributed by atoms with Crippen LogP contribution in [0, 0.1) is 21.7 Å². The second kappa shape index (κ2) is 16.8. The maximum Gasteiger partial charge on any atom is 0.186 e. The number of azo groups is 2. The van der Waals surface area contributed by atoms with Crippen LogP contribution in [0.2, 0.25) is 20.1 Å². The molecule has 2 aliphatic rings. The summed E-state index contributed by atoms with van der Waals surface area (Å²) in [6.45, 7) is 24.1. The highest BCUT2D eigenvalue weighted by Crippen LogP contribution is 2.44. The molecule has 0 amide bonds. The molecular weight excluding hydrogens is 808 g/mol. The van der Waals surface area contributed by atoms with Crippen molar-refractivity contribution in [2.45, 2.75) is 83.1 Å². The van der Waals surface area contributed by atoms with Crippen molar-refractivity contribution in [1.82, 2.24) is 4.98 Å². The fourth-order valence-corrected chi connectivity index (χ4v) is 6.99. The van der Waals surface area contributed by atoms with Gasteiger partial charge in [0.1, 0.15) is 22.8 Å². The third-order valence-electron chi connectivity index (χ3n) is 9.57. The smallest absolute Gasteiger partial charge is 0.186 e. The Morgan fingerprint density at radius 1 is 0.466 bits per heavy atom. The highest BCUT2D eigenvalue weighted by Gasteiger charge is 2.36. The van der Waals surface area contributed by atoms with Crippen molar-refractivity contribution in [3.05, 3.63) is 144 Å². The zero-order valence-electron chi connectivity index (χ0n) is 35.1. The molecule has 58 heavy (non-hydrogen) atoms. The normalized spacial score (nSPS) is 15.9. The summed E-state index contributed by atoms with van der Waals surface area (Å²) in [7, 11) is 0. The number of Topliss-reactive ketones (excluding diaryl/α,β-unsaturated/α-hetero) is 2. The number of rotatable bonds is 6. The number of halogens is 4. The van der Waals surface area contributed by atoms with Gasteiger partial charge in [0.25, 0.3) is 0 Å². The number of allylic oxidation sites excluding steroid dienone is 10. The van der Waals surface area contributed by atoms with Gasteiger partial charge in [0.2, 0.25) is 0 Å². The van der Waals surface area contributed by atoms with Crippen LogP contribution in [-0.4, -0.2) is 16.6 Å². The lowest BCUT2D eigenvalue weighted by Crippen LogP contribution is -2.28. The minimum Gasteiger partial charge on any atom is -0.289 e. The first-order chi connectivity index (χ1) is 26.8. The summed E-state index contributed by atoms with van der Waals surface area (Å²) < 4.78 is 0. The standard InChI is InChI=1S/C47H49Cl4N5O2/c1-44(2,3)28-22-26(23-29(42(28)57)45(4,5)6)40(55-53-34-18-13-16-32(48)38(34)50)36-20-15-21-37(52-36)41(56-54-35-19-14-17-33(49)39(35)51)27-24-30(46(7,8)9)43(58)31(25-27)47(10,11)12/h13-25H,1-12H3/b55-53+,56-54+. The minimum atomic E-state index is -0.493. The Hall–Kier alpha value is -4.27. The van der Waals surface area contributed by atoms with Gasteiger partial charge in [-0.15, -0.1) is 20.5 Å². The monoisotopic (exact) mass is 855 g/mol. The van der Waals surface area contributed by atoms with Crippen LogP contribution in [0.1, 0.15) is 94.5 Å². The Morgan fingerprint density at radius 3 is 1.05 bits per heavy atom. The number of hydrogen-bond donors (Lipinski definition) is 0. The van der Waals surface area contributed by atoms with Crippen LogP contribution in [0.5, 0.6) is 0 Å². The van der Waals surface area contributed by atoms with Crippen molar-refractivity contribution < 1.29 is 9.59 Å². The molecule has 11 heteroatoms. The van der Waals surface area contributed by atoms with Crippen molar-refractivity contribution in [2.75, 3.05) is 0 Å². The van der Waals surface area contributed by atoms with Crippen LogP contribution in [0.3, 0.4) is 0 Å². The zero-order valence-corrected chi connectivity index (χ0v) is 38.1. The maximum atomic E-state index is 14.0. The molecular formula is C47H49Cl4N5O2. The zero-order chi connectivity index (χ0) is 43.1. The Kier molecular flexibility index (Phi) is 13.0. The Labute approximate surface area is 362 Å². The molecule has 1 heterocycles. The third kappa shape index (κ3) is 9.94. The molecule has 2 aromatic carbocycles. The van der Waals surface area contributed by atoms with Crippen molar-refractivity contribution in [3.63, 3.8) is 0 Å². The van der Waals surface area contributed by atoms with Gasteiger partial charge in [-0.05, 0) is 82.4 Å². The van der Waals surface area contributed by atoms with Gasteiger partial charge in [-0.3, -0.25) is 9.59 Å². The predicted octanol–water partition coefficient (Wildman–Crippen LogP) is 15.7. The summed E-state index contributed by atoms with van der Waals surface area (Å²) in [5.74, 6) is -0.0528. The van der Waals surface area contributed by atoms with E-state index in [-0.39, 0.29) is 21.6 Å². The second-order valence-electron chi connectivity index (χ2n) is 18.5. The first kappa shape index (κ1) is 44.8. The first-order valence-corrected chi connectivity index (χ1v) is 20.5. The van der Waals surface area contributed by atoms with E-state index in [1.54, 1.807) is 36.4 Å². The molecule has 0 aliphatic heterocycles. The van der Waals surface area contributed by atoms with Crippen molar-refractivity contribution in [3.8, 4) is 0 Å². The van der Waals surface area contributed by atoms with Crippen LogP contribution in [-0.2, 0) is 9.59 Å². The van der Waals surface area contributed by atoms with Crippen LogP contribution in [0.25, 0.3) is 11.4 Å². The number of ketones is 2. The van der Waals surface area contributed by atoms with Crippen molar-refractivity contribution >= 4 is 80.7 Å². The molecule has 5 rings (SSSR count). The van der Waals surface area contributed by atoms with E-state index in [1.807, 2.05) is 126 Å². The Balaban J connectivity index is 1.89. The molecule has 302 valence electrons. The molecule has 0 N–H and O–H groups in total. The van der Waals surface area contributed by atoms with E-state index in [0.29, 0.717) is 77.6 Å². The molecule has 0 saturated carbocycles. The summed E-state index contributed by atoms with van der Waals surface area (Å²) >= 11 is 25.9. The lowest BCUT2D eigenvalue weighted by molar-refractivity contribution is -0.114. The van der Waals surface area contributed by atoms with Gasteiger partial charge in [0, 0.05) is 33.4 Å². The summed E-state index contributed by atoms with van der Waals surface area (Å²) in [5, 5.41) is 19.9. The van der Waals surface area contributed by atoms with Crippen LogP contribution in [0.15, 0.2) is 133 Å². The van der Waals surface area contributed by atoms with Crippen molar-refractivity contribution in [2.24, 2.45) is 42.1 Å². The summed E-state index contributed by atoms with van der Waals surface area (Å²) in [6.07, 6.45) is 7.46. The molecule has 7 nitrogen and oxygen atoms in total. The van der Waals surface area contributed by atoms with Gasteiger partial charge in [0.05, 0.1) is 31.5 Å². The molecule has 0 bridgehead atoms. The molecule has 0 fully saturated rings. The van der Waals surface area contributed by atoms with Crippen LogP contribution >= 0.6 is 46.4 Å². The molecule has 0 spiro atoms. The molecule has 2 aliphatic carbocycles. The second-order valence-corrected chi connectivity index (χ2v) is 20.0. The first-order valence-electron chi connectivity index (χ1n) is 18.9. The number of benzene rings is 2. The van der Waals surface area contributed by atoms with Gasteiger partial charge in [0.15, 0.2) is 11.6 Å². The lowest BCUT2D eigenvalue weighted by Gasteiger charge is -2.31. The van der Waals surface area contributed by atoms with Gasteiger partial charge in [-0.25, -0.2) is 4.98 Å². The van der Waals surface area contributed by atoms with E-state index < -0.39 is 21.7 Å². The number of aromatic nitrogens is 1. The fraction of sp³-hybridized carbons (Fsp3) is 0.340. The number of carbonyl (C=O) groups is 2. The van der Waals surface area contributed by atoms with Crippen molar-refractivity contribution in [1.29, 1.82) is 0 Å². The quantitative estimate of drug-likeness (QED) is 0.231. The average Bonchev–Trinajstić information content (AvgIpc) is 3.11. The van der Waals surface area contributed by atoms with E-state index >= 15 is 0 Å². The van der Waals surface area contributed by atoms with E-state index in [2.05, 4.69) is 10.2 Å². The number of nitrogens with zero attached hydrogens (tertiary/aromatic N) is 5. The topological polar surface area (TPSA) is 96.5 Å². The van der Waals surface area contributed by atoms with E-state index in [4.69, 9.17) is 61.6 Å². The molecule has 0 unspecified atom stereocenters. The van der Waals surface area contributed by atoms with E-state index in [9.17, 15) is 9.59 Å². The predicted molar refractivity (Wildman–Crippen MR) is 240 cm³/mol. The fourth-order valence-electron chi connectivity index (χ4n) is 6.32. The van der Waals surface area contributed by atoms with Gasteiger partial charge < -0.3 is 0 Å². The summed E-state index contributed by atoms with van der Waals surface area (Å²) in [6, 6.07) is 15.8. The van der Waals surface area contributed by atoms with Crippen LogP contribution in [0.4, 0.5) is 11.4 Å². The highest BCUT2D eigenvalue weighted by molar-refractivity contribution is 6.44. The molecule has 0 radical (unpaired) electrons. The highest BCUT2D eigenvalue weighted by atomic mass is 35.5. The minimum absolute atomic E-state index is 0.0264. The van der Waals surface area contributed by atoms with E-state index in [0.717, 1.165) is 0 Å². The van der Waals surface area contributed by atoms with Crippen LogP contribution < -0.4 is 0 Å². The maximum absolute atomic E-state index is 14.0. The largest absolute Gasteiger partial charge is 0.289 e. The van der Waals surface area contributed by atoms with Gasteiger partial charge in [-0.1, -0.05) is 148 Å². The summed E-state index contributed by atoms with van der Waals surface area (Å²) in [4.78, 5) is 33.2. The lowest BCUT2D eigenvalue weighted by atomic mass is 9.71. The number of hydrogen-bond acceptors (Lipinski definition) is 7. The summed E-state index contributed by atoms with van der Waals surface area (Å²) in [5.41, 5.74) is 4.13. The van der Waals surface area contributed by atoms with E-state index in [1.165, 1.54) is 0 Å². The number of carbonyl (C=O) groups excluding carboxylic acids is 2. The SMILES string of the molecule is CC(C)(C)C1=CC(=C(/N=N/c2cccc(Cl)c2Cl)c2cccc(C(/N=N/c3cccc(Cl)c3Cl)=C3C=C(C(C)(C)C)C(=O)C(C(C)(C)C)=C3)n2)C=C(C(C)(C)C)C1=O. The van der Waals surface area contributed by atoms with Gasteiger partial charge >= 0.3 is 0 Å². The van der Waals surface area contributed by atoms with Gasteiger partial charge in [-0.2, -0.15) is 0 Å². The average molecular weight is 858 g/mol. The molecule has 1 aromatic heterocycles. The Bertz CT molecular complexity index is 2210. The third-order valence-corrected chi connectivity index (χ3v) is 11.2. The Morgan fingerprint density at radius 2 is 0.759 bits per heavy atom. The molecule has 3 aromatic rings. The molecule has 0 saturated heterocycles. The molecule has 0 atom stereocenters.